The van der Waals surface area contributed by atoms with Crippen molar-refractivity contribution in [2.24, 2.45) is 0 Å². The summed E-state index contributed by atoms with van der Waals surface area (Å²) in [4.78, 5) is 11.3. The van der Waals surface area contributed by atoms with Crippen LogP contribution in [0.3, 0.4) is 0 Å². The molecule has 2 aromatic rings. The van der Waals surface area contributed by atoms with E-state index < -0.39 is 0 Å². The number of alkyl halides is 1. The molecule has 0 bridgehead atoms. The number of imidazole rings is 1. The van der Waals surface area contributed by atoms with Gasteiger partial charge in [0, 0.05) is 18.3 Å². The van der Waals surface area contributed by atoms with Crippen LogP contribution in [0.25, 0.3) is 11.0 Å². The maximum absolute atomic E-state index is 6.37. The van der Waals surface area contributed by atoms with E-state index in [9.17, 15) is 0 Å². The van der Waals surface area contributed by atoms with Crippen LogP contribution in [0.2, 0.25) is 0 Å². The lowest BCUT2D eigenvalue weighted by Crippen LogP contribution is -2.45. The molecule has 0 aliphatic heterocycles. The molecule has 1 aliphatic carbocycles. The van der Waals surface area contributed by atoms with Crippen LogP contribution in [0.5, 0.6) is 0 Å². The van der Waals surface area contributed by atoms with Gasteiger partial charge in [0.25, 0.3) is 0 Å². The van der Waals surface area contributed by atoms with E-state index in [0.717, 1.165) is 23.4 Å². The zero-order chi connectivity index (χ0) is 15.0. The zero-order valence-electron chi connectivity index (χ0n) is 13.0. The zero-order valence-corrected chi connectivity index (χ0v) is 13.8. The van der Waals surface area contributed by atoms with Crippen molar-refractivity contribution in [3.8, 4) is 0 Å². The smallest absolute Gasteiger partial charge is 0.127 e. The number of halogens is 1. The monoisotopic (exact) mass is 306 g/mol. The first-order valence-corrected chi connectivity index (χ1v) is 8.09. The second-order valence-electron chi connectivity index (χ2n) is 6.36. The lowest BCUT2D eigenvalue weighted by atomic mass is 9.95. The average molecular weight is 307 g/mol. The number of hydrogen-bond acceptors (Lipinski definition) is 3. The second-order valence-corrected chi connectivity index (χ2v) is 7.02. The summed E-state index contributed by atoms with van der Waals surface area (Å²) in [5.41, 5.74) is 2.30. The number of nitrogens with zero attached hydrogens (tertiary/aromatic N) is 4. The van der Waals surface area contributed by atoms with E-state index in [2.05, 4.69) is 28.5 Å². The van der Waals surface area contributed by atoms with Crippen molar-refractivity contribution in [3.05, 3.63) is 24.3 Å². The third kappa shape index (κ3) is 2.55. The molecular weight excluding hydrogens is 284 g/mol. The van der Waals surface area contributed by atoms with E-state index in [4.69, 9.17) is 16.6 Å². The Morgan fingerprint density at radius 1 is 1.38 bits per heavy atom. The standard InChI is InChI=1S/C16H23ClN4/c1-12(17)15-19-13-10-18-9-6-14(13)21(15)11-16(20(2)3)7-4-5-8-16/h6,9-10,12H,4-5,7-8,11H2,1-3H3. The molecular formula is C16H23ClN4. The fraction of sp³-hybridized carbons (Fsp3) is 0.625. The number of hydrogen-bond donors (Lipinski definition) is 0. The van der Waals surface area contributed by atoms with E-state index in [1.165, 1.54) is 25.7 Å². The minimum atomic E-state index is -0.0991. The number of likely N-dealkylation sites (N-methyl/N-ethyl adjacent to an activating group) is 1. The molecule has 1 fully saturated rings. The maximum Gasteiger partial charge on any atom is 0.127 e. The van der Waals surface area contributed by atoms with Gasteiger partial charge in [-0.05, 0) is 39.9 Å². The Hall–Kier alpha value is -1.13. The van der Waals surface area contributed by atoms with Crippen LogP contribution < -0.4 is 0 Å². The van der Waals surface area contributed by atoms with Gasteiger partial charge in [-0.15, -0.1) is 11.6 Å². The number of rotatable bonds is 4. The van der Waals surface area contributed by atoms with Gasteiger partial charge in [0.2, 0.25) is 0 Å². The van der Waals surface area contributed by atoms with Gasteiger partial charge in [-0.2, -0.15) is 0 Å². The Labute approximate surface area is 131 Å². The topological polar surface area (TPSA) is 34.0 Å². The van der Waals surface area contributed by atoms with Crippen molar-refractivity contribution in [2.45, 2.75) is 50.1 Å². The highest BCUT2D eigenvalue weighted by atomic mass is 35.5. The molecule has 1 unspecified atom stereocenters. The van der Waals surface area contributed by atoms with Gasteiger partial charge in [-0.25, -0.2) is 4.98 Å². The molecule has 0 spiro atoms. The van der Waals surface area contributed by atoms with Crippen LogP contribution in [0.1, 0.15) is 43.8 Å². The van der Waals surface area contributed by atoms with E-state index >= 15 is 0 Å². The molecule has 114 valence electrons. The van der Waals surface area contributed by atoms with Crippen molar-refractivity contribution >= 4 is 22.6 Å². The summed E-state index contributed by atoms with van der Waals surface area (Å²) in [6, 6.07) is 2.05. The van der Waals surface area contributed by atoms with Gasteiger partial charge in [0.15, 0.2) is 0 Å². The Kier molecular flexibility index (Phi) is 3.93. The Morgan fingerprint density at radius 2 is 2.10 bits per heavy atom. The van der Waals surface area contributed by atoms with Gasteiger partial charge in [0.05, 0.1) is 17.1 Å². The summed E-state index contributed by atoms with van der Waals surface area (Å²) in [5, 5.41) is -0.0991. The molecule has 21 heavy (non-hydrogen) atoms. The summed E-state index contributed by atoms with van der Waals surface area (Å²) >= 11 is 6.37. The van der Waals surface area contributed by atoms with Gasteiger partial charge in [-0.1, -0.05) is 12.8 Å². The van der Waals surface area contributed by atoms with Crippen LogP contribution in [0, 0.1) is 0 Å². The summed E-state index contributed by atoms with van der Waals surface area (Å²) in [7, 11) is 4.38. The predicted octanol–water partition coefficient (Wildman–Crippen LogP) is 3.61. The molecule has 2 aromatic heterocycles. The number of aromatic nitrogens is 3. The van der Waals surface area contributed by atoms with Crippen molar-refractivity contribution < 1.29 is 0 Å². The summed E-state index contributed by atoms with van der Waals surface area (Å²) in [6.45, 7) is 2.94. The van der Waals surface area contributed by atoms with Crippen molar-refractivity contribution in [2.75, 3.05) is 14.1 Å². The fourth-order valence-corrected chi connectivity index (χ4v) is 3.71. The molecule has 0 aromatic carbocycles. The number of fused-ring (bicyclic) bond motifs is 1. The highest BCUT2D eigenvalue weighted by molar-refractivity contribution is 6.20. The summed E-state index contributed by atoms with van der Waals surface area (Å²) in [6.07, 6.45) is 8.74. The van der Waals surface area contributed by atoms with E-state index in [-0.39, 0.29) is 10.9 Å². The largest absolute Gasteiger partial charge is 0.325 e. The molecule has 1 atom stereocenters. The van der Waals surface area contributed by atoms with Gasteiger partial charge in [0.1, 0.15) is 11.3 Å². The lowest BCUT2D eigenvalue weighted by molar-refractivity contribution is 0.134. The number of pyridine rings is 1. The van der Waals surface area contributed by atoms with Crippen LogP contribution in [-0.2, 0) is 6.54 Å². The van der Waals surface area contributed by atoms with Crippen LogP contribution in [0.4, 0.5) is 0 Å². The minimum Gasteiger partial charge on any atom is -0.325 e. The average Bonchev–Trinajstić information content (AvgIpc) is 3.05. The van der Waals surface area contributed by atoms with Gasteiger partial charge < -0.3 is 9.47 Å². The van der Waals surface area contributed by atoms with E-state index in [0.29, 0.717) is 0 Å². The molecule has 1 aliphatic rings. The highest BCUT2D eigenvalue weighted by Gasteiger charge is 2.37. The van der Waals surface area contributed by atoms with Crippen molar-refractivity contribution in [3.63, 3.8) is 0 Å². The molecule has 0 amide bonds. The first-order chi connectivity index (χ1) is 10.0. The Morgan fingerprint density at radius 3 is 2.71 bits per heavy atom. The molecule has 0 saturated heterocycles. The third-order valence-corrected chi connectivity index (χ3v) is 5.07. The van der Waals surface area contributed by atoms with Crippen LogP contribution in [-0.4, -0.2) is 39.1 Å². The predicted molar refractivity (Wildman–Crippen MR) is 86.7 cm³/mol. The summed E-state index contributed by atoms with van der Waals surface area (Å²) < 4.78 is 2.31. The molecule has 3 rings (SSSR count). The van der Waals surface area contributed by atoms with Crippen molar-refractivity contribution in [1.29, 1.82) is 0 Å². The maximum atomic E-state index is 6.37. The lowest BCUT2D eigenvalue weighted by Gasteiger charge is -2.37. The summed E-state index contributed by atoms with van der Waals surface area (Å²) in [5.74, 6) is 0.952. The Bertz CT molecular complexity index is 626. The quantitative estimate of drug-likeness (QED) is 0.809. The van der Waals surface area contributed by atoms with Gasteiger partial charge in [-0.3, -0.25) is 4.98 Å². The molecule has 2 heterocycles. The van der Waals surface area contributed by atoms with Crippen LogP contribution >= 0.6 is 11.6 Å². The highest BCUT2D eigenvalue weighted by Crippen LogP contribution is 2.37. The normalized spacial score (nSPS) is 19.5. The first-order valence-electron chi connectivity index (χ1n) is 7.65. The molecule has 4 nitrogen and oxygen atoms in total. The SMILES string of the molecule is CC(Cl)c1nc2cnccc2n1CC1(N(C)C)CCCC1. The third-order valence-electron chi connectivity index (χ3n) is 4.87. The molecule has 0 radical (unpaired) electrons. The minimum absolute atomic E-state index is 0.0991. The Balaban J connectivity index is 2.08. The van der Waals surface area contributed by atoms with Crippen molar-refractivity contribution in [1.82, 2.24) is 19.4 Å². The van der Waals surface area contributed by atoms with Gasteiger partial charge >= 0.3 is 0 Å². The van der Waals surface area contributed by atoms with Crippen LogP contribution in [0.15, 0.2) is 18.5 Å². The fourth-order valence-electron chi connectivity index (χ4n) is 3.54. The second kappa shape index (κ2) is 5.58. The molecule has 1 saturated carbocycles. The van der Waals surface area contributed by atoms with E-state index in [1.54, 1.807) is 0 Å². The first kappa shape index (κ1) is 14.8. The van der Waals surface area contributed by atoms with E-state index in [1.807, 2.05) is 25.4 Å². The molecule has 5 heteroatoms. The molecule has 0 N–H and O–H groups in total.